The minimum Gasteiger partial charge on any atom is -0.383 e. The molecule has 0 aromatic carbocycles. The Labute approximate surface area is 124 Å². The average Bonchev–Trinajstić information content (AvgIpc) is 2.38. The Bertz CT molecular complexity index is 595. The van der Waals surface area contributed by atoms with Crippen LogP contribution < -0.4 is 22.3 Å². The fraction of sp³-hybridized carbons (Fsp3) is 0.733. The lowest BCUT2D eigenvalue weighted by molar-refractivity contribution is 0.280. The first kappa shape index (κ1) is 15.7. The lowest BCUT2D eigenvalue weighted by Crippen LogP contribution is -2.37. The quantitative estimate of drug-likeness (QED) is 0.789. The lowest BCUT2D eigenvalue weighted by Gasteiger charge is -2.32. The van der Waals surface area contributed by atoms with Gasteiger partial charge in [-0.15, -0.1) is 0 Å². The van der Waals surface area contributed by atoms with E-state index in [1.807, 2.05) is 6.92 Å². The second-order valence-corrected chi connectivity index (χ2v) is 6.43. The molecule has 2 unspecified atom stereocenters. The zero-order valence-corrected chi connectivity index (χ0v) is 13.1. The summed E-state index contributed by atoms with van der Waals surface area (Å²) in [6, 6.07) is 0.236. The average molecular weight is 294 g/mol. The monoisotopic (exact) mass is 294 g/mol. The maximum Gasteiger partial charge on any atom is 0.330 e. The highest BCUT2D eigenvalue weighted by atomic mass is 16.2. The number of nitrogens with one attached hydrogen (secondary N) is 2. The van der Waals surface area contributed by atoms with E-state index < -0.39 is 11.2 Å². The second kappa shape index (κ2) is 6.37. The minimum atomic E-state index is -0.435. The zero-order chi connectivity index (χ0) is 15.6. The number of anilines is 2. The fourth-order valence-corrected chi connectivity index (χ4v) is 3.44. The van der Waals surface area contributed by atoms with Crippen molar-refractivity contribution in [2.75, 3.05) is 11.1 Å². The number of aromatic amines is 1. The standard InChI is InChI=1S/C15H26N4O2/c1-4-5-19-13(16)12(14(20)18-15(19)21)17-11-7-9(2)6-10(3)8-11/h9-11,17H,4-8,16H2,1-3H3,(H,18,20,21). The largest absolute Gasteiger partial charge is 0.383 e. The molecule has 0 amide bonds. The number of nitrogen functional groups attached to an aromatic ring is 1. The molecule has 1 aromatic heterocycles. The molecule has 1 aliphatic rings. The van der Waals surface area contributed by atoms with Crippen molar-refractivity contribution < 1.29 is 0 Å². The van der Waals surface area contributed by atoms with Gasteiger partial charge in [-0.1, -0.05) is 20.8 Å². The molecule has 6 heteroatoms. The topological polar surface area (TPSA) is 92.9 Å². The maximum absolute atomic E-state index is 12.0. The molecule has 2 rings (SSSR count). The molecule has 0 aliphatic heterocycles. The third-order valence-corrected chi connectivity index (χ3v) is 4.21. The number of aromatic nitrogens is 2. The van der Waals surface area contributed by atoms with Crippen molar-refractivity contribution in [3.05, 3.63) is 20.8 Å². The van der Waals surface area contributed by atoms with Gasteiger partial charge in [-0.2, -0.15) is 0 Å². The normalized spacial score (nSPS) is 25.8. The summed E-state index contributed by atoms with van der Waals surface area (Å²) in [6.45, 7) is 6.94. The van der Waals surface area contributed by atoms with Crippen LogP contribution >= 0.6 is 0 Å². The molecule has 0 saturated heterocycles. The summed E-state index contributed by atoms with van der Waals surface area (Å²) in [5.74, 6) is 1.51. The Morgan fingerprint density at radius 1 is 1.24 bits per heavy atom. The molecular formula is C15H26N4O2. The predicted octanol–water partition coefficient (Wildman–Crippen LogP) is 1.77. The van der Waals surface area contributed by atoms with E-state index in [2.05, 4.69) is 24.1 Å². The second-order valence-electron chi connectivity index (χ2n) is 6.43. The third kappa shape index (κ3) is 3.49. The van der Waals surface area contributed by atoms with Crippen molar-refractivity contribution in [1.82, 2.24) is 9.55 Å². The van der Waals surface area contributed by atoms with Gasteiger partial charge in [0.25, 0.3) is 5.56 Å². The maximum atomic E-state index is 12.0. The summed E-state index contributed by atoms with van der Waals surface area (Å²) in [5, 5.41) is 3.28. The van der Waals surface area contributed by atoms with E-state index in [0.717, 1.165) is 19.3 Å². The number of nitrogens with zero attached hydrogens (tertiary/aromatic N) is 1. The molecule has 0 bridgehead atoms. The molecule has 1 saturated carbocycles. The molecule has 4 N–H and O–H groups in total. The van der Waals surface area contributed by atoms with Gasteiger partial charge in [-0.25, -0.2) is 4.79 Å². The van der Waals surface area contributed by atoms with Crippen molar-refractivity contribution in [2.45, 2.75) is 59.0 Å². The van der Waals surface area contributed by atoms with Crippen LogP contribution in [0.3, 0.4) is 0 Å². The van der Waals surface area contributed by atoms with Crippen molar-refractivity contribution in [3.8, 4) is 0 Å². The first-order chi connectivity index (χ1) is 9.92. The smallest absolute Gasteiger partial charge is 0.330 e. The summed E-state index contributed by atoms with van der Waals surface area (Å²) < 4.78 is 1.43. The van der Waals surface area contributed by atoms with E-state index in [1.54, 1.807) is 0 Å². The predicted molar refractivity (Wildman–Crippen MR) is 85.6 cm³/mol. The first-order valence-corrected chi connectivity index (χ1v) is 7.81. The van der Waals surface area contributed by atoms with Gasteiger partial charge in [0.05, 0.1) is 0 Å². The number of H-pyrrole nitrogens is 1. The van der Waals surface area contributed by atoms with E-state index in [9.17, 15) is 9.59 Å². The number of rotatable bonds is 4. The van der Waals surface area contributed by atoms with Gasteiger partial charge in [-0.3, -0.25) is 14.3 Å². The van der Waals surface area contributed by atoms with Crippen LogP contribution in [-0.2, 0) is 6.54 Å². The van der Waals surface area contributed by atoms with Gasteiger partial charge >= 0.3 is 5.69 Å². The van der Waals surface area contributed by atoms with Crippen LogP contribution in [0, 0.1) is 11.8 Å². The molecular weight excluding hydrogens is 268 g/mol. The molecule has 118 valence electrons. The van der Waals surface area contributed by atoms with Gasteiger partial charge in [0, 0.05) is 12.6 Å². The van der Waals surface area contributed by atoms with Crippen LogP contribution in [-0.4, -0.2) is 15.6 Å². The van der Waals surface area contributed by atoms with E-state index in [4.69, 9.17) is 5.73 Å². The molecule has 1 heterocycles. The van der Waals surface area contributed by atoms with Gasteiger partial charge < -0.3 is 11.1 Å². The Hall–Kier alpha value is -1.72. The van der Waals surface area contributed by atoms with E-state index in [1.165, 1.54) is 11.0 Å². The van der Waals surface area contributed by atoms with Gasteiger partial charge in [0.2, 0.25) is 0 Å². The molecule has 2 atom stereocenters. The van der Waals surface area contributed by atoms with Crippen LogP contribution in [0.5, 0.6) is 0 Å². The summed E-state index contributed by atoms with van der Waals surface area (Å²) in [6.07, 6.45) is 4.05. The number of hydrogen-bond donors (Lipinski definition) is 3. The van der Waals surface area contributed by atoms with Crippen LogP contribution in [0.25, 0.3) is 0 Å². The SMILES string of the molecule is CCCn1c(N)c(NC2CC(C)CC(C)C2)c(=O)[nH]c1=O. The fourth-order valence-electron chi connectivity index (χ4n) is 3.44. The third-order valence-electron chi connectivity index (χ3n) is 4.21. The number of hydrogen-bond acceptors (Lipinski definition) is 4. The number of nitrogens with two attached hydrogens (primary N) is 1. The molecule has 1 aliphatic carbocycles. The Morgan fingerprint density at radius 3 is 2.43 bits per heavy atom. The van der Waals surface area contributed by atoms with Crippen LogP contribution in [0.15, 0.2) is 9.59 Å². The van der Waals surface area contributed by atoms with Gasteiger partial charge in [0.15, 0.2) is 0 Å². The minimum absolute atomic E-state index is 0.236. The molecule has 6 nitrogen and oxygen atoms in total. The molecule has 0 radical (unpaired) electrons. The van der Waals surface area contributed by atoms with Crippen LogP contribution in [0.4, 0.5) is 11.5 Å². The Balaban J connectivity index is 2.29. The summed E-state index contributed by atoms with van der Waals surface area (Å²) in [4.78, 5) is 26.2. The van der Waals surface area contributed by atoms with Crippen LogP contribution in [0.2, 0.25) is 0 Å². The van der Waals surface area contributed by atoms with E-state index in [0.29, 0.717) is 24.1 Å². The van der Waals surface area contributed by atoms with E-state index >= 15 is 0 Å². The molecule has 1 aromatic rings. The van der Waals surface area contributed by atoms with Crippen molar-refractivity contribution in [2.24, 2.45) is 11.8 Å². The lowest BCUT2D eigenvalue weighted by atomic mass is 9.80. The Morgan fingerprint density at radius 2 is 1.86 bits per heavy atom. The Kier molecular flexibility index (Phi) is 4.75. The highest BCUT2D eigenvalue weighted by Gasteiger charge is 2.25. The molecule has 21 heavy (non-hydrogen) atoms. The highest BCUT2D eigenvalue weighted by molar-refractivity contribution is 5.60. The van der Waals surface area contributed by atoms with Crippen molar-refractivity contribution >= 4 is 11.5 Å². The first-order valence-electron chi connectivity index (χ1n) is 7.81. The summed E-state index contributed by atoms with van der Waals surface area (Å²) >= 11 is 0. The molecule has 1 fully saturated rings. The van der Waals surface area contributed by atoms with E-state index in [-0.39, 0.29) is 11.9 Å². The van der Waals surface area contributed by atoms with Gasteiger partial charge in [-0.05, 0) is 37.5 Å². The summed E-state index contributed by atoms with van der Waals surface area (Å²) in [5.41, 5.74) is 5.52. The van der Waals surface area contributed by atoms with Crippen LogP contribution in [0.1, 0.15) is 46.5 Å². The molecule has 0 spiro atoms. The van der Waals surface area contributed by atoms with Crippen molar-refractivity contribution in [3.63, 3.8) is 0 Å². The zero-order valence-electron chi connectivity index (χ0n) is 13.1. The van der Waals surface area contributed by atoms with Crippen molar-refractivity contribution in [1.29, 1.82) is 0 Å². The van der Waals surface area contributed by atoms with Gasteiger partial charge in [0.1, 0.15) is 11.5 Å². The summed E-state index contributed by atoms with van der Waals surface area (Å²) in [7, 11) is 0. The highest BCUT2D eigenvalue weighted by Crippen LogP contribution is 2.30.